The summed E-state index contributed by atoms with van der Waals surface area (Å²) in [5, 5.41) is 16.2. The van der Waals surface area contributed by atoms with Gasteiger partial charge in [-0.2, -0.15) is 4.68 Å². The molecule has 0 aliphatic rings. The third-order valence-electron chi connectivity index (χ3n) is 3.53. The zero-order valence-corrected chi connectivity index (χ0v) is 13.9. The Bertz CT molecular complexity index is 721. The second-order valence-electron chi connectivity index (χ2n) is 5.20. The van der Waals surface area contributed by atoms with Crippen molar-refractivity contribution in [1.29, 1.82) is 0 Å². The first-order valence-corrected chi connectivity index (χ1v) is 8.60. The van der Waals surface area contributed by atoms with Crippen molar-refractivity contribution in [1.82, 2.24) is 30.1 Å². The summed E-state index contributed by atoms with van der Waals surface area (Å²) < 4.78 is 3.91. The SMILES string of the molecule is Cn1cccc1CNCCCSc1nnnn1-c1ccccc1. The number of hydrogen-bond donors (Lipinski definition) is 1. The Labute approximate surface area is 139 Å². The molecule has 7 heteroatoms. The molecule has 0 bridgehead atoms. The molecular formula is C16H20N6S. The van der Waals surface area contributed by atoms with Gasteiger partial charge in [-0.15, -0.1) is 5.10 Å². The van der Waals surface area contributed by atoms with Crippen molar-refractivity contribution in [3.05, 3.63) is 54.4 Å². The lowest BCUT2D eigenvalue weighted by Crippen LogP contribution is -2.17. The van der Waals surface area contributed by atoms with Crippen LogP contribution in [-0.4, -0.2) is 37.1 Å². The normalized spacial score (nSPS) is 11.0. The van der Waals surface area contributed by atoms with E-state index in [1.165, 1.54) is 5.69 Å². The Kier molecular flexibility index (Phi) is 5.44. The lowest BCUT2D eigenvalue weighted by molar-refractivity contribution is 0.646. The number of nitrogens with zero attached hydrogens (tertiary/aromatic N) is 5. The Hall–Kier alpha value is -2.12. The molecule has 120 valence electrons. The van der Waals surface area contributed by atoms with Crippen LogP contribution in [0.25, 0.3) is 5.69 Å². The minimum Gasteiger partial charge on any atom is -0.353 e. The molecule has 0 fully saturated rings. The number of aromatic nitrogens is 5. The summed E-state index contributed by atoms with van der Waals surface area (Å²) in [7, 11) is 2.07. The summed E-state index contributed by atoms with van der Waals surface area (Å²) in [6.45, 7) is 1.88. The number of tetrazole rings is 1. The number of para-hydroxylation sites is 1. The third-order valence-corrected chi connectivity index (χ3v) is 4.53. The molecule has 0 spiro atoms. The van der Waals surface area contributed by atoms with Crippen molar-refractivity contribution in [2.45, 2.75) is 18.1 Å². The highest BCUT2D eigenvalue weighted by Crippen LogP contribution is 2.18. The molecule has 0 unspecified atom stereocenters. The number of benzene rings is 1. The van der Waals surface area contributed by atoms with Gasteiger partial charge in [-0.1, -0.05) is 30.0 Å². The van der Waals surface area contributed by atoms with Gasteiger partial charge < -0.3 is 9.88 Å². The van der Waals surface area contributed by atoms with Crippen LogP contribution >= 0.6 is 11.8 Å². The molecule has 3 aromatic rings. The fourth-order valence-corrected chi connectivity index (χ4v) is 3.09. The van der Waals surface area contributed by atoms with E-state index in [1.807, 2.05) is 30.3 Å². The predicted molar refractivity (Wildman–Crippen MR) is 91.6 cm³/mol. The number of thioether (sulfide) groups is 1. The van der Waals surface area contributed by atoms with Gasteiger partial charge in [0.15, 0.2) is 0 Å². The van der Waals surface area contributed by atoms with Crippen molar-refractivity contribution in [3.8, 4) is 5.69 Å². The van der Waals surface area contributed by atoms with Crippen molar-refractivity contribution in [2.24, 2.45) is 7.05 Å². The molecular weight excluding hydrogens is 308 g/mol. The van der Waals surface area contributed by atoms with E-state index >= 15 is 0 Å². The van der Waals surface area contributed by atoms with E-state index in [2.05, 4.69) is 50.8 Å². The maximum atomic E-state index is 4.10. The minimum absolute atomic E-state index is 0.832. The van der Waals surface area contributed by atoms with Gasteiger partial charge in [0.25, 0.3) is 0 Å². The van der Waals surface area contributed by atoms with Crippen LogP contribution in [0.1, 0.15) is 12.1 Å². The second kappa shape index (κ2) is 7.94. The van der Waals surface area contributed by atoms with Gasteiger partial charge in [-0.05, 0) is 47.7 Å². The number of rotatable bonds is 8. The molecule has 0 radical (unpaired) electrons. The largest absolute Gasteiger partial charge is 0.353 e. The molecule has 0 saturated heterocycles. The van der Waals surface area contributed by atoms with Gasteiger partial charge in [0.1, 0.15) is 0 Å². The van der Waals surface area contributed by atoms with E-state index in [0.717, 1.165) is 36.1 Å². The Morgan fingerprint density at radius 2 is 2.00 bits per heavy atom. The number of nitrogens with one attached hydrogen (secondary N) is 1. The lowest BCUT2D eigenvalue weighted by Gasteiger charge is -2.06. The highest BCUT2D eigenvalue weighted by molar-refractivity contribution is 7.99. The molecule has 0 atom stereocenters. The van der Waals surface area contributed by atoms with Crippen LogP contribution in [0.2, 0.25) is 0 Å². The first kappa shape index (κ1) is 15.8. The lowest BCUT2D eigenvalue weighted by atomic mass is 10.3. The number of hydrogen-bond acceptors (Lipinski definition) is 5. The first-order chi connectivity index (χ1) is 11.3. The molecule has 0 aliphatic heterocycles. The van der Waals surface area contributed by atoms with Crippen LogP contribution in [0.15, 0.2) is 53.8 Å². The summed E-state index contributed by atoms with van der Waals surface area (Å²) in [4.78, 5) is 0. The Morgan fingerprint density at radius 1 is 1.13 bits per heavy atom. The maximum absolute atomic E-state index is 4.10. The van der Waals surface area contributed by atoms with Crippen molar-refractivity contribution < 1.29 is 0 Å². The molecule has 0 saturated carbocycles. The summed E-state index contributed by atoms with van der Waals surface area (Å²) in [5.41, 5.74) is 2.28. The van der Waals surface area contributed by atoms with Gasteiger partial charge in [-0.3, -0.25) is 0 Å². The van der Waals surface area contributed by atoms with E-state index in [1.54, 1.807) is 16.4 Å². The Balaban J connectivity index is 1.42. The molecule has 0 amide bonds. The molecule has 1 N–H and O–H groups in total. The van der Waals surface area contributed by atoms with Gasteiger partial charge in [0.05, 0.1) is 5.69 Å². The fraction of sp³-hybridized carbons (Fsp3) is 0.312. The van der Waals surface area contributed by atoms with Crippen molar-refractivity contribution in [2.75, 3.05) is 12.3 Å². The molecule has 0 aliphatic carbocycles. The van der Waals surface area contributed by atoms with Crippen LogP contribution in [-0.2, 0) is 13.6 Å². The zero-order valence-electron chi connectivity index (χ0n) is 13.1. The molecule has 6 nitrogen and oxygen atoms in total. The maximum Gasteiger partial charge on any atom is 0.214 e. The van der Waals surface area contributed by atoms with E-state index in [9.17, 15) is 0 Å². The van der Waals surface area contributed by atoms with Crippen molar-refractivity contribution >= 4 is 11.8 Å². The zero-order chi connectivity index (χ0) is 15.9. The summed E-state index contributed by atoms with van der Waals surface area (Å²) in [6.07, 6.45) is 3.13. The quantitative estimate of drug-likeness (QED) is 0.508. The highest BCUT2D eigenvalue weighted by Gasteiger charge is 2.07. The molecule has 23 heavy (non-hydrogen) atoms. The van der Waals surface area contributed by atoms with Gasteiger partial charge in [-0.25, -0.2) is 0 Å². The van der Waals surface area contributed by atoms with E-state index < -0.39 is 0 Å². The fourth-order valence-electron chi connectivity index (χ4n) is 2.26. The summed E-state index contributed by atoms with van der Waals surface area (Å²) >= 11 is 1.68. The highest BCUT2D eigenvalue weighted by atomic mass is 32.2. The summed E-state index contributed by atoms with van der Waals surface area (Å²) in [6, 6.07) is 14.2. The molecule has 3 rings (SSSR count). The van der Waals surface area contributed by atoms with Gasteiger partial charge in [0.2, 0.25) is 5.16 Å². The molecule has 1 aromatic carbocycles. The second-order valence-corrected chi connectivity index (χ2v) is 6.26. The van der Waals surface area contributed by atoms with E-state index in [-0.39, 0.29) is 0 Å². The van der Waals surface area contributed by atoms with Crippen LogP contribution in [0, 0.1) is 0 Å². The average molecular weight is 328 g/mol. The van der Waals surface area contributed by atoms with Crippen LogP contribution in [0.5, 0.6) is 0 Å². The smallest absolute Gasteiger partial charge is 0.214 e. The van der Waals surface area contributed by atoms with E-state index in [0.29, 0.717) is 0 Å². The summed E-state index contributed by atoms with van der Waals surface area (Å²) in [5.74, 6) is 0.980. The third kappa shape index (κ3) is 4.20. The van der Waals surface area contributed by atoms with Gasteiger partial charge in [0, 0.05) is 31.2 Å². The standard InChI is InChI=1S/C16H20N6S/c1-21-11-5-9-15(21)13-17-10-6-12-23-16-18-19-20-22(16)14-7-3-2-4-8-14/h2-5,7-9,11,17H,6,10,12-13H2,1H3. The number of aryl methyl sites for hydroxylation is 1. The van der Waals surface area contributed by atoms with Crippen LogP contribution in [0.3, 0.4) is 0 Å². The topological polar surface area (TPSA) is 60.6 Å². The predicted octanol–water partition coefficient (Wildman–Crippen LogP) is 2.27. The monoisotopic (exact) mass is 328 g/mol. The average Bonchev–Trinajstić information content (AvgIpc) is 3.21. The Morgan fingerprint density at radius 3 is 2.78 bits per heavy atom. The minimum atomic E-state index is 0.832. The first-order valence-electron chi connectivity index (χ1n) is 7.62. The molecule has 2 aromatic heterocycles. The van der Waals surface area contributed by atoms with Crippen LogP contribution in [0.4, 0.5) is 0 Å². The van der Waals surface area contributed by atoms with E-state index in [4.69, 9.17) is 0 Å². The van der Waals surface area contributed by atoms with Gasteiger partial charge >= 0.3 is 0 Å². The molecule has 2 heterocycles. The van der Waals surface area contributed by atoms with Crippen LogP contribution < -0.4 is 5.32 Å². The van der Waals surface area contributed by atoms with Crippen molar-refractivity contribution in [3.63, 3.8) is 0 Å².